The van der Waals surface area contributed by atoms with Crippen LogP contribution in [0.3, 0.4) is 0 Å². The van der Waals surface area contributed by atoms with Gasteiger partial charge in [-0.3, -0.25) is 4.40 Å². The highest BCUT2D eigenvalue weighted by molar-refractivity contribution is 14.0. The summed E-state index contributed by atoms with van der Waals surface area (Å²) >= 11 is 1.64. The molecule has 1 aromatic carbocycles. The summed E-state index contributed by atoms with van der Waals surface area (Å²) < 4.78 is 2.04. The van der Waals surface area contributed by atoms with Crippen LogP contribution in [0.1, 0.15) is 36.6 Å². The average Bonchev–Trinajstić information content (AvgIpc) is 3.18. The fourth-order valence-electron chi connectivity index (χ4n) is 2.70. The van der Waals surface area contributed by atoms with Crippen molar-refractivity contribution in [3.63, 3.8) is 0 Å². The van der Waals surface area contributed by atoms with Gasteiger partial charge in [0.05, 0.1) is 12.2 Å². The van der Waals surface area contributed by atoms with Gasteiger partial charge in [0.25, 0.3) is 0 Å². The number of imidazole rings is 1. The van der Waals surface area contributed by atoms with Gasteiger partial charge in [-0.05, 0) is 25.3 Å². The molecule has 0 saturated heterocycles. The van der Waals surface area contributed by atoms with E-state index in [2.05, 4.69) is 65.6 Å². The summed E-state index contributed by atoms with van der Waals surface area (Å²) in [7, 11) is 0. The molecule has 1 atom stereocenters. The molecule has 0 aliphatic heterocycles. The number of fused-ring (bicyclic) bond motifs is 1. The molecule has 1 unspecified atom stereocenters. The summed E-state index contributed by atoms with van der Waals surface area (Å²) in [6, 6.07) is 8.67. The lowest BCUT2D eigenvalue weighted by atomic mass is 9.99. The predicted octanol–water partition coefficient (Wildman–Crippen LogP) is 4.18. The first kappa shape index (κ1) is 20.7. The molecule has 26 heavy (non-hydrogen) atoms. The van der Waals surface area contributed by atoms with Crippen LogP contribution in [0.25, 0.3) is 4.96 Å². The Morgan fingerprint density at radius 1 is 1.35 bits per heavy atom. The Labute approximate surface area is 176 Å². The highest BCUT2D eigenvalue weighted by Crippen LogP contribution is 2.15. The van der Waals surface area contributed by atoms with Crippen molar-refractivity contribution in [1.82, 2.24) is 20.0 Å². The molecule has 3 rings (SSSR count). The maximum Gasteiger partial charge on any atom is 0.193 e. The van der Waals surface area contributed by atoms with Crippen LogP contribution >= 0.6 is 35.3 Å². The molecule has 7 heteroatoms. The number of hydrogen-bond acceptors (Lipinski definition) is 3. The van der Waals surface area contributed by atoms with Gasteiger partial charge < -0.3 is 10.6 Å². The fraction of sp³-hybridized carbons (Fsp3) is 0.368. The zero-order valence-electron chi connectivity index (χ0n) is 15.4. The van der Waals surface area contributed by atoms with E-state index in [0.717, 1.165) is 29.7 Å². The minimum atomic E-state index is 0. The lowest BCUT2D eigenvalue weighted by Gasteiger charge is -2.16. The van der Waals surface area contributed by atoms with E-state index in [0.29, 0.717) is 12.5 Å². The van der Waals surface area contributed by atoms with E-state index in [1.54, 1.807) is 11.3 Å². The van der Waals surface area contributed by atoms with Crippen molar-refractivity contribution in [2.24, 2.45) is 4.99 Å². The molecule has 0 spiro atoms. The van der Waals surface area contributed by atoms with Gasteiger partial charge in [0.1, 0.15) is 0 Å². The van der Waals surface area contributed by atoms with Crippen LogP contribution < -0.4 is 10.6 Å². The molecular formula is C19H26IN5S. The van der Waals surface area contributed by atoms with Gasteiger partial charge in [0.2, 0.25) is 0 Å². The highest BCUT2D eigenvalue weighted by atomic mass is 127. The van der Waals surface area contributed by atoms with E-state index < -0.39 is 0 Å². The van der Waals surface area contributed by atoms with E-state index in [9.17, 15) is 0 Å². The van der Waals surface area contributed by atoms with Crippen molar-refractivity contribution in [1.29, 1.82) is 0 Å². The van der Waals surface area contributed by atoms with E-state index in [1.165, 1.54) is 11.1 Å². The molecule has 0 bridgehead atoms. The molecule has 0 aliphatic carbocycles. The number of aromatic nitrogens is 2. The molecule has 3 aromatic rings. The van der Waals surface area contributed by atoms with Gasteiger partial charge in [0.15, 0.2) is 10.9 Å². The Bertz CT molecular complexity index is 826. The van der Waals surface area contributed by atoms with Crippen LogP contribution in [-0.2, 0) is 6.54 Å². The minimum Gasteiger partial charge on any atom is -0.357 e. The quantitative estimate of drug-likeness (QED) is 0.314. The van der Waals surface area contributed by atoms with Crippen molar-refractivity contribution in [3.8, 4) is 0 Å². The molecule has 0 saturated carbocycles. The summed E-state index contributed by atoms with van der Waals surface area (Å²) in [6.07, 6.45) is 4.06. The SMILES string of the molecule is CCNC(=NCc1cn2ccsc2n1)NCC(C)c1cccc(C)c1.I. The number of nitrogens with one attached hydrogen (secondary N) is 2. The second-order valence-corrected chi connectivity index (χ2v) is 7.09. The molecule has 0 radical (unpaired) electrons. The van der Waals surface area contributed by atoms with Crippen molar-refractivity contribution in [3.05, 3.63) is 58.9 Å². The van der Waals surface area contributed by atoms with Crippen LogP contribution in [0, 0.1) is 6.92 Å². The van der Waals surface area contributed by atoms with Crippen LogP contribution in [0.2, 0.25) is 0 Å². The largest absolute Gasteiger partial charge is 0.357 e. The average molecular weight is 483 g/mol. The molecule has 5 nitrogen and oxygen atoms in total. The van der Waals surface area contributed by atoms with E-state index in [4.69, 9.17) is 0 Å². The maximum atomic E-state index is 4.66. The number of guanidine groups is 1. The van der Waals surface area contributed by atoms with Gasteiger partial charge in [-0.2, -0.15) is 0 Å². The zero-order chi connectivity index (χ0) is 17.6. The molecule has 2 heterocycles. The zero-order valence-corrected chi connectivity index (χ0v) is 18.5. The summed E-state index contributed by atoms with van der Waals surface area (Å²) in [5.74, 6) is 1.25. The molecule has 2 aromatic heterocycles. The van der Waals surface area contributed by atoms with Gasteiger partial charge in [-0.1, -0.05) is 36.8 Å². The second kappa shape index (κ2) is 9.91. The monoisotopic (exact) mass is 483 g/mol. The number of nitrogens with zero attached hydrogens (tertiary/aromatic N) is 3. The summed E-state index contributed by atoms with van der Waals surface area (Å²) in [5.41, 5.74) is 3.62. The topological polar surface area (TPSA) is 53.7 Å². The summed E-state index contributed by atoms with van der Waals surface area (Å²) in [5, 5.41) is 8.78. The third kappa shape index (κ3) is 5.44. The van der Waals surface area contributed by atoms with E-state index in [1.807, 2.05) is 22.2 Å². The third-order valence-electron chi connectivity index (χ3n) is 4.07. The van der Waals surface area contributed by atoms with Crippen molar-refractivity contribution < 1.29 is 0 Å². The number of halogens is 1. The predicted molar refractivity (Wildman–Crippen MR) is 121 cm³/mol. The third-order valence-corrected chi connectivity index (χ3v) is 4.84. The number of aliphatic imine (C=N–C) groups is 1. The lowest BCUT2D eigenvalue weighted by molar-refractivity contribution is 0.699. The Hall–Kier alpha value is -1.61. The van der Waals surface area contributed by atoms with Gasteiger partial charge in [-0.15, -0.1) is 35.3 Å². The number of thiazole rings is 1. The van der Waals surface area contributed by atoms with Crippen molar-refractivity contribution in [2.45, 2.75) is 33.2 Å². The van der Waals surface area contributed by atoms with Gasteiger partial charge in [0, 0.05) is 30.9 Å². The summed E-state index contributed by atoms with van der Waals surface area (Å²) in [6.45, 7) is 8.69. The van der Waals surface area contributed by atoms with E-state index >= 15 is 0 Å². The van der Waals surface area contributed by atoms with Crippen molar-refractivity contribution >= 4 is 46.2 Å². The first-order chi connectivity index (χ1) is 12.2. The maximum absolute atomic E-state index is 4.66. The van der Waals surface area contributed by atoms with Crippen LogP contribution in [-0.4, -0.2) is 28.4 Å². The molecule has 2 N–H and O–H groups in total. The van der Waals surface area contributed by atoms with Gasteiger partial charge >= 0.3 is 0 Å². The normalized spacial score (nSPS) is 12.7. The molecule has 0 fully saturated rings. The number of rotatable bonds is 6. The summed E-state index contributed by atoms with van der Waals surface area (Å²) in [4.78, 5) is 10.3. The first-order valence-corrected chi connectivity index (χ1v) is 9.53. The van der Waals surface area contributed by atoms with E-state index in [-0.39, 0.29) is 24.0 Å². The molecular weight excluding hydrogens is 457 g/mol. The number of hydrogen-bond donors (Lipinski definition) is 2. The number of aryl methyl sites for hydroxylation is 1. The van der Waals surface area contributed by atoms with Crippen molar-refractivity contribution in [2.75, 3.05) is 13.1 Å². The standard InChI is InChI=1S/C19H25N5S.HI/c1-4-20-18(21-11-15(3)16-7-5-6-14(2)10-16)22-12-17-13-24-8-9-25-19(24)23-17;/h5-10,13,15H,4,11-12H2,1-3H3,(H2,20,21,22);1H. The molecule has 0 amide bonds. The smallest absolute Gasteiger partial charge is 0.193 e. The minimum absolute atomic E-state index is 0. The molecule has 140 valence electrons. The molecule has 0 aliphatic rings. The Kier molecular flexibility index (Phi) is 7.89. The fourth-order valence-corrected chi connectivity index (χ4v) is 3.42. The first-order valence-electron chi connectivity index (χ1n) is 8.65. The van der Waals surface area contributed by atoms with Crippen LogP contribution in [0.5, 0.6) is 0 Å². The Morgan fingerprint density at radius 2 is 2.19 bits per heavy atom. The lowest BCUT2D eigenvalue weighted by Crippen LogP contribution is -2.39. The van der Waals surface area contributed by atoms with Crippen LogP contribution in [0.4, 0.5) is 0 Å². The highest BCUT2D eigenvalue weighted by Gasteiger charge is 2.07. The Morgan fingerprint density at radius 3 is 2.92 bits per heavy atom. The van der Waals surface area contributed by atoms with Crippen LogP contribution in [0.15, 0.2) is 47.0 Å². The second-order valence-electron chi connectivity index (χ2n) is 6.22. The van der Waals surface area contributed by atoms with Gasteiger partial charge in [-0.25, -0.2) is 9.98 Å². The number of benzene rings is 1. The Balaban J connectivity index is 0.00000243.